The number of aromatic nitrogens is 3. The van der Waals surface area contributed by atoms with Crippen LogP contribution in [0.4, 0.5) is 18.9 Å². The first-order valence-electron chi connectivity index (χ1n) is 10.1. The van der Waals surface area contributed by atoms with E-state index in [1.807, 2.05) is 60.1 Å². The van der Waals surface area contributed by atoms with Gasteiger partial charge in [-0.25, -0.2) is 14.5 Å². The van der Waals surface area contributed by atoms with Crippen LogP contribution in [0.5, 0.6) is 0 Å². The summed E-state index contributed by atoms with van der Waals surface area (Å²) in [4.78, 5) is 28.0. The van der Waals surface area contributed by atoms with Crippen molar-refractivity contribution in [3.8, 4) is 11.4 Å². The molecule has 2 heterocycles. The second-order valence-corrected chi connectivity index (χ2v) is 7.29. The van der Waals surface area contributed by atoms with Crippen LogP contribution >= 0.6 is 0 Å². The number of carboxylic acids is 1. The Morgan fingerprint density at radius 2 is 1.79 bits per heavy atom. The van der Waals surface area contributed by atoms with Crippen LogP contribution in [-0.2, 0) is 17.8 Å². The number of carbonyl (C=O) groups is 2. The SMILES string of the molecule is CCn1ncnc1-c1ccc(C(=O)N2CC(N)Cc3ccccc32)cc1.O=C(O)C(F)(F)F. The first kappa shape index (κ1) is 23.9. The lowest BCUT2D eigenvalue weighted by Crippen LogP contribution is -2.46. The molecule has 33 heavy (non-hydrogen) atoms. The van der Waals surface area contributed by atoms with E-state index in [0.717, 1.165) is 35.6 Å². The number of alkyl halides is 3. The Bertz CT molecular complexity index is 1130. The van der Waals surface area contributed by atoms with E-state index < -0.39 is 12.1 Å². The molecule has 0 saturated carbocycles. The number of aryl methyl sites for hydroxylation is 1. The maximum atomic E-state index is 13.1. The van der Waals surface area contributed by atoms with E-state index >= 15 is 0 Å². The van der Waals surface area contributed by atoms with Gasteiger partial charge in [-0.05, 0) is 37.1 Å². The first-order valence-corrected chi connectivity index (χ1v) is 10.1. The fraction of sp³-hybridized carbons (Fsp3) is 0.273. The predicted octanol–water partition coefficient (Wildman–Crippen LogP) is 3.13. The largest absolute Gasteiger partial charge is 0.490 e. The molecule has 11 heteroatoms. The third kappa shape index (κ3) is 5.55. The number of nitrogens with zero attached hydrogens (tertiary/aromatic N) is 4. The maximum absolute atomic E-state index is 13.1. The number of anilines is 1. The summed E-state index contributed by atoms with van der Waals surface area (Å²) in [5.41, 5.74) is 9.82. The van der Waals surface area contributed by atoms with Gasteiger partial charge < -0.3 is 15.7 Å². The first-order chi connectivity index (χ1) is 15.6. The highest BCUT2D eigenvalue weighted by Gasteiger charge is 2.38. The Kier molecular flexibility index (Phi) is 7.12. The van der Waals surface area contributed by atoms with Crippen molar-refractivity contribution in [3.63, 3.8) is 0 Å². The zero-order valence-corrected chi connectivity index (χ0v) is 17.7. The molecule has 2 aromatic carbocycles. The smallest absolute Gasteiger partial charge is 0.475 e. The molecule has 1 amide bonds. The molecule has 1 aliphatic rings. The van der Waals surface area contributed by atoms with Gasteiger partial charge in [0, 0.05) is 35.9 Å². The van der Waals surface area contributed by atoms with E-state index in [9.17, 15) is 18.0 Å². The number of nitrogens with two attached hydrogens (primary N) is 1. The van der Waals surface area contributed by atoms with Gasteiger partial charge in [0.25, 0.3) is 5.91 Å². The lowest BCUT2D eigenvalue weighted by molar-refractivity contribution is -0.192. The van der Waals surface area contributed by atoms with Crippen LogP contribution in [0, 0.1) is 0 Å². The van der Waals surface area contributed by atoms with Crippen LogP contribution in [0.3, 0.4) is 0 Å². The molecule has 3 aromatic rings. The fourth-order valence-corrected chi connectivity index (χ4v) is 3.46. The quantitative estimate of drug-likeness (QED) is 0.620. The highest BCUT2D eigenvalue weighted by molar-refractivity contribution is 6.07. The number of halogens is 3. The molecule has 0 spiro atoms. The maximum Gasteiger partial charge on any atom is 0.490 e. The Hall–Kier alpha value is -3.73. The molecular formula is C22H22F3N5O3. The van der Waals surface area contributed by atoms with Gasteiger partial charge in [-0.3, -0.25) is 4.79 Å². The molecule has 0 saturated heterocycles. The fourth-order valence-electron chi connectivity index (χ4n) is 3.46. The minimum atomic E-state index is -5.08. The summed E-state index contributed by atoms with van der Waals surface area (Å²) in [5, 5.41) is 11.3. The Balaban J connectivity index is 0.000000383. The van der Waals surface area contributed by atoms with Crippen LogP contribution in [0.15, 0.2) is 54.9 Å². The number of carbonyl (C=O) groups excluding carboxylic acids is 1. The summed E-state index contributed by atoms with van der Waals surface area (Å²) in [6.45, 7) is 3.30. The van der Waals surface area contributed by atoms with Crippen molar-refractivity contribution in [2.75, 3.05) is 11.4 Å². The molecule has 1 aromatic heterocycles. The Morgan fingerprint density at radius 1 is 1.15 bits per heavy atom. The highest BCUT2D eigenvalue weighted by Crippen LogP contribution is 2.28. The van der Waals surface area contributed by atoms with Gasteiger partial charge >= 0.3 is 12.1 Å². The summed E-state index contributed by atoms with van der Waals surface area (Å²) < 4.78 is 33.6. The standard InChI is InChI=1S/C20H21N5O.C2HF3O2/c1-2-25-19(22-13-23-25)14-7-9-15(10-8-14)20(26)24-12-17(21)11-16-5-3-4-6-18(16)24;3-2(4,5)1(6)7/h3-10,13,17H,2,11-12,21H2,1H3;(H,6,7). The normalized spacial score (nSPS) is 15.3. The van der Waals surface area contributed by atoms with Gasteiger partial charge in [-0.1, -0.05) is 30.3 Å². The minimum absolute atomic E-state index is 0.0314. The van der Waals surface area contributed by atoms with Crippen molar-refractivity contribution in [1.82, 2.24) is 14.8 Å². The number of hydrogen-bond acceptors (Lipinski definition) is 5. The molecule has 1 unspecified atom stereocenters. The van der Waals surface area contributed by atoms with E-state index in [0.29, 0.717) is 12.1 Å². The number of para-hydroxylation sites is 1. The number of rotatable bonds is 3. The van der Waals surface area contributed by atoms with Crippen LogP contribution in [0.1, 0.15) is 22.8 Å². The van der Waals surface area contributed by atoms with Crippen molar-refractivity contribution >= 4 is 17.6 Å². The van der Waals surface area contributed by atoms with E-state index in [4.69, 9.17) is 15.6 Å². The Morgan fingerprint density at radius 3 is 2.39 bits per heavy atom. The molecular weight excluding hydrogens is 439 g/mol. The predicted molar refractivity (Wildman–Crippen MR) is 115 cm³/mol. The molecule has 1 aliphatic heterocycles. The summed E-state index contributed by atoms with van der Waals surface area (Å²) in [5.74, 6) is -1.99. The molecule has 0 fully saturated rings. The van der Waals surface area contributed by atoms with E-state index in [2.05, 4.69) is 10.1 Å². The van der Waals surface area contributed by atoms with Gasteiger partial charge in [-0.15, -0.1) is 0 Å². The van der Waals surface area contributed by atoms with Crippen LogP contribution in [0.25, 0.3) is 11.4 Å². The summed E-state index contributed by atoms with van der Waals surface area (Å²) in [7, 11) is 0. The molecule has 3 N–H and O–H groups in total. The van der Waals surface area contributed by atoms with E-state index in [1.165, 1.54) is 0 Å². The average Bonchev–Trinajstić information content (AvgIpc) is 3.27. The van der Waals surface area contributed by atoms with Gasteiger partial charge in [-0.2, -0.15) is 18.3 Å². The molecule has 4 rings (SSSR count). The topological polar surface area (TPSA) is 114 Å². The monoisotopic (exact) mass is 461 g/mol. The van der Waals surface area contributed by atoms with E-state index in [1.54, 1.807) is 11.2 Å². The third-order valence-electron chi connectivity index (χ3n) is 4.97. The third-order valence-corrected chi connectivity index (χ3v) is 4.97. The number of hydrogen-bond donors (Lipinski definition) is 2. The molecule has 0 bridgehead atoms. The number of fused-ring (bicyclic) bond motifs is 1. The second kappa shape index (κ2) is 9.82. The summed E-state index contributed by atoms with van der Waals surface area (Å²) in [6.07, 6.45) is -2.74. The molecule has 0 aliphatic carbocycles. The Labute approximate surface area is 187 Å². The summed E-state index contributed by atoms with van der Waals surface area (Å²) >= 11 is 0. The van der Waals surface area contributed by atoms with Crippen LogP contribution in [-0.4, -0.2) is 50.5 Å². The second-order valence-electron chi connectivity index (χ2n) is 7.29. The average molecular weight is 461 g/mol. The van der Waals surface area contributed by atoms with Gasteiger partial charge in [0.15, 0.2) is 5.82 Å². The number of amides is 1. The number of aliphatic carboxylic acids is 1. The lowest BCUT2D eigenvalue weighted by Gasteiger charge is -2.33. The van der Waals surface area contributed by atoms with Gasteiger partial charge in [0.1, 0.15) is 6.33 Å². The van der Waals surface area contributed by atoms with Crippen molar-refractivity contribution in [2.45, 2.75) is 32.1 Å². The van der Waals surface area contributed by atoms with Gasteiger partial charge in [0.2, 0.25) is 0 Å². The highest BCUT2D eigenvalue weighted by atomic mass is 19.4. The number of carboxylic acid groups (broad SMARTS) is 1. The van der Waals surface area contributed by atoms with Crippen LogP contribution < -0.4 is 10.6 Å². The molecule has 174 valence electrons. The minimum Gasteiger partial charge on any atom is -0.475 e. The lowest BCUT2D eigenvalue weighted by atomic mass is 9.97. The van der Waals surface area contributed by atoms with Crippen LogP contribution in [0.2, 0.25) is 0 Å². The molecule has 1 atom stereocenters. The van der Waals surface area contributed by atoms with Gasteiger partial charge in [0.05, 0.1) is 0 Å². The van der Waals surface area contributed by atoms with E-state index in [-0.39, 0.29) is 11.9 Å². The number of benzene rings is 2. The summed E-state index contributed by atoms with van der Waals surface area (Å²) in [6, 6.07) is 15.4. The molecule has 0 radical (unpaired) electrons. The van der Waals surface area contributed by atoms with Crippen molar-refractivity contribution in [1.29, 1.82) is 0 Å². The van der Waals surface area contributed by atoms with Crippen molar-refractivity contribution in [2.24, 2.45) is 5.73 Å². The zero-order chi connectivity index (χ0) is 24.2. The van der Waals surface area contributed by atoms with Crippen molar-refractivity contribution < 1.29 is 27.9 Å². The zero-order valence-electron chi connectivity index (χ0n) is 17.7. The van der Waals surface area contributed by atoms with Crippen molar-refractivity contribution in [3.05, 3.63) is 66.0 Å². The molecule has 8 nitrogen and oxygen atoms in total.